The van der Waals surface area contributed by atoms with Gasteiger partial charge in [0.05, 0.1) is 12.1 Å². The van der Waals surface area contributed by atoms with E-state index in [-0.39, 0.29) is 5.91 Å². The highest BCUT2D eigenvalue weighted by atomic mass is 32.1. The first-order chi connectivity index (χ1) is 8.19. The summed E-state index contributed by atoms with van der Waals surface area (Å²) < 4.78 is 0. The van der Waals surface area contributed by atoms with E-state index >= 15 is 0 Å². The molecule has 0 aliphatic carbocycles. The molecule has 17 heavy (non-hydrogen) atoms. The molecule has 5 heteroatoms. The maximum Gasteiger partial charge on any atom is 0.228 e. The molecule has 1 fully saturated rings. The second kappa shape index (κ2) is 5.49. The van der Waals surface area contributed by atoms with E-state index in [9.17, 15) is 4.79 Å². The van der Waals surface area contributed by atoms with Crippen molar-refractivity contribution in [2.45, 2.75) is 26.2 Å². The van der Waals surface area contributed by atoms with E-state index in [1.165, 1.54) is 0 Å². The molecule has 1 saturated heterocycles. The van der Waals surface area contributed by atoms with Gasteiger partial charge in [0.2, 0.25) is 5.91 Å². The fourth-order valence-electron chi connectivity index (χ4n) is 2.03. The van der Waals surface area contributed by atoms with Gasteiger partial charge in [0.1, 0.15) is 0 Å². The van der Waals surface area contributed by atoms with Crippen LogP contribution in [0.25, 0.3) is 0 Å². The van der Waals surface area contributed by atoms with Gasteiger partial charge in [-0.1, -0.05) is 6.92 Å². The maximum atomic E-state index is 12.0. The van der Waals surface area contributed by atoms with Gasteiger partial charge in [0.25, 0.3) is 0 Å². The predicted octanol–water partition coefficient (Wildman–Crippen LogP) is 1.99. The second-order valence-corrected chi connectivity index (χ2v) is 5.49. The van der Waals surface area contributed by atoms with E-state index in [1.807, 2.05) is 17.3 Å². The summed E-state index contributed by atoms with van der Waals surface area (Å²) in [5.41, 5.74) is 0.878. The highest BCUT2D eigenvalue weighted by Crippen LogP contribution is 2.18. The van der Waals surface area contributed by atoms with Crippen LogP contribution < -0.4 is 5.32 Å². The average molecular weight is 253 g/mol. The standard InChI is InChI=1S/C12H19N3OS/c1-9-3-5-15(6-4-9)11(16)7-10-8-17-12(13-2)14-10/h8-9H,3-7H2,1-2H3,(H,13,14). The Morgan fingerprint density at radius 2 is 2.29 bits per heavy atom. The van der Waals surface area contributed by atoms with Crippen LogP contribution >= 0.6 is 11.3 Å². The summed E-state index contributed by atoms with van der Waals surface area (Å²) in [5, 5.41) is 5.82. The molecule has 1 aromatic heterocycles. The smallest absolute Gasteiger partial charge is 0.228 e. The number of carbonyl (C=O) groups excluding carboxylic acids is 1. The third-order valence-corrected chi connectivity index (χ3v) is 4.14. The fourth-order valence-corrected chi connectivity index (χ4v) is 2.70. The molecule has 2 rings (SSSR count). The molecular formula is C12H19N3OS. The van der Waals surface area contributed by atoms with E-state index in [4.69, 9.17) is 0 Å². The molecular weight excluding hydrogens is 234 g/mol. The van der Waals surface area contributed by atoms with Crippen LogP contribution in [-0.4, -0.2) is 35.9 Å². The predicted molar refractivity (Wildman–Crippen MR) is 70.3 cm³/mol. The van der Waals surface area contributed by atoms with Crippen molar-refractivity contribution in [1.82, 2.24) is 9.88 Å². The summed E-state index contributed by atoms with van der Waals surface area (Å²) in [5.74, 6) is 0.971. The number of hydrogen-bond donors (Lipinski definition) is 1. The first-order valence-electron chi connectivity index (χ1n) is 6.09. The molecule has 0 spiro atoms. The molecule has 4 nitrogen and oxygen atoms in total. The Morgan fingerprint density at radius 1 is 1.59 bits per heavy atom. The van der Waals surface area contributed by atoms with Crippen LogP contribution in [0.4, 0.5) is 5.13 Å². The summed E-state index contributed by atoms with van der Waals surface area (Å²) in [6, 6.07) is 0. The van der Waals surface area contributed by atoms with Crippen LogP contribution in [0.2, 0.25) is 0 Å². The molecule has 0 unspecified atom stereocenters. The van der Waals surface area contributed by atoms with Crippen LogP contribution in [0.1, 0.15) is 25.5 Å². The van der Waals surface area contributed by atoms with Crippen LogP contribution in [0.3, 0.4) is 0 Å². The summed E-state index contributed by atoms with van der Waals surface area (Å²) in [7, 11) is 1.84. The molecule has 1 amide bonds. The lowest BCUT2D eigenvalue weighted by molar-refractivity contribution is -0.131. The summed E-state index contributed by atoms with van der Waals surface area (Å²) in [6.45, 7) is 4.06. The van der Waals surface area contributed by atoms with Crippen molar-refractivity contribution in [2.75, 3.05) is 25.5 Å². The number of thiazole rings is 1. The number of nitrogens with one attached hydrogen (secondary N) is 1. The molecule has 0 aromatic carbocycles. The van der Waals surface area contributed by atoms with Gasteiger partial charge < -0.3 is 10.2 Å². The van der Waals surface area contributed by atoms with Crippen molar-refractivity contribution in [3.63, 3.8) is 0 Å². The van der Waals surface area contributed by atoms with Gasteiger partial charge in [0.15, 0.2) is 5.13 Å². The van der Waals surface area contributed by atoms with E-state index in [1.54, 1.807) is 11.3 Å². The number of aromatic nitrogens is 1. The minimum Gasteiger partial charge on any atom is -0.365 e. The summed E-state index contributed by atoms with van der Waals surface area (Å²) >= 11 is 1.55. The molecule has 0 radical (unpaired) electrons. The topological polar surface area (TPSA) is 45.2 Å². The van der Waals surface area contributed by atoms with Crippen molar-refractivity contribution >= 4 is 22.4 Å². The molecule has 1 N–H and O–H groups in total. The first kappa shape index (κ1) is 12.4. The average Bonchev–Trinajstić information content (AvgIpc) is 2.77. The third-order valence-electron chi connectivity index (χ3n) is 3.23. The number of rotatable bonds is 3. The van der Waals surface area contributed by atoms with Crippen molar-refractivity contribution in [3.8, 4) is 0 Å². The highest BCUT2D eigenvalue weighted by molar-refractivity contribution is 7.13. The Balaban J connectivity index is 1.88. The maximum absolute atomic E-state index is 12.0. The number of nitrogens with zero attached hydrogens (tertiary/aromatic N) is 2. The molecule has 0 bridgehead atoms. The van der Waals surface area contributed by atoms with Gasteiger partial charge in [0, 0.05) is 25.5 Å². The van der Waals surface area contributed by atoms with E-state index < -0.39 is 0 Å². The number of likely N-dealkylation sites (tertiary alicyclic amines) is 1. The number of carbonyl (C=O) groups is 1. The van der Waals surface area contributed by atoms with Gasteiger partial charge in [-0.15, -0.1) is 11.3 Å². The highest BCUT2D eigenvalue weighted by Gasteiger charge is 2.20. The SMILES string of the molecule is CNc1nc(CC(=O)N2CCC(C)CC2)cs1. The van der Waals surface area contributed by atoms with Crippen molar-refractivity contribution in [3.05, 3.63) is 11.1 Å². The normalized spacial score (nSPS) is 17.2. The number of anilines is 1. The summed E-state index contributed by atoms with van der Waals surface area (Å²) in [6.07, 6.45) is 2.70. The Morgan fingerprint density at radius 3 is 2.88 bits per heavy atom. The Bertz CT molecular complexity index is 383. The van der Waals surface area contributed by atoms with Crippen molar-refractivity contribution < 1.29 is 4.79 Å². The molecule has 1 aliphatic heterocycles. The lowest BCUT2D eigenvalue weighted by atomic mass is 9.99. The van der Waals surface area contributed by atoms with Crippen LogP contribution in [0.15, 0.2) is 5.38 Å². The van der Waals surface area contributed by atoms with Gasteiger partial charge in [-0.25, -0.2) is 4.98 Å². The molecule has 2 heterocycles. The zero-order chi connectivity index (χ0) is 12.3. The van der Waals surface area contributed by atoms with Gasteiger partial charge in [-0.2, -0.15) is 0 Å². The summed E-state index contributed by atoms with van der Waals surface area (Å²) in [4.78, 5) is 18.4. The number of amides is 1. The first-order valence-corrected chi connectivity index (χ1v) is 6.97. The Hall–Kier alpha value is -1.10. The van der Waals surface area contributed by atoms with E-state index in [0.717, 1.165) is 42.7 Å². The molecule has 1 aromatic rings. The van der Waals surface area contributed by atoms with Gasteiger partial charge in [-0.05, 0) is 18.8 Å². The lowest BCUT2D eigenvalue weighted by Crippen LogP contribution is -2.38. The largest absolute Gasteiger partial charge is 0.365 e. The van der Waals surface area contributed by atoms with Crippen molar-refractivity contribution in [2.24, 2.45) is 5.92 Å². The van der Waals surface area contributed by atoms with Crippen LogP contribution in [0.5, 0.6) is 0 Å². The quantitative estimate of drug-likeness (QED) is 0.896. The van der Waals surface area contributed by atoms with Gasteiger partial charge >= 0.3 is 0 Å². The van der Waals surface area contributed by atoms with Gasteiger partial charge in [-0.3, -0.25) is 4.79 Å². The number of piperidine rings is 1. The minimum absolute atomic E-state index is 0.213. The Labute approximate surface area is 106 Å². The number of hydrogen-bond acceptors (Lipinski definition) is 4. The van der Waals surface area contributed by atoms with Crippen LogP contribution in [-0.2, 0) is 11.2 Å². The minimum atomic E-state index is 0.213. The second-order valence-electron chi connectivity index (χ2n) is 4.63. The van der Waals surface area contributed by atoms with E-state index in [2.05, 4.69) is 17.2 Å². The molecule has 1 aliphatic rings. The zero-order valence-corrected chi connectivity index (χ0v) is 11.2. The fraction of sp³-hybridized carbons (Fsp3) is 0.667. The third kappa shape index (κ3) is 3.19. The zero-order valence-electron chi connectivity index (χ0n) is 10.4. The molecule has 0 saturated carbocycles. The van der Waals surface area contributed by atoms with E-state index in [0.29, 0.717) is 6.42 Å². The van der Waals surface area contributed by atoms with Crippen molar-refractivity contribution in [1.29, 1.82) is 0 Å². The van der Waals surface area contributed by atoms with Crippen LogP contribution in [0, 0.1) is 5.92 Å². The molecule has 94 valence electrons. The Kier molecular flexibility index (Phi) is 3.99. The lowest BCUT2D eigenvalue weighted by Gasteiger charge is -2.30. The monoisotopic (exact) mass is 253 g/mol. The molecule has 0 atom stereocenters.